The number of carbonyl (C=O) groups excluding carboxylic acids is 1. The van der Waals surface area contributed by atoms with Gasteiger partial charge >= 0.3 is 5.97 Å². The van der Waals surface area contributed by atoms with Gasteiger partial charge in [-0.1, -0.05) is 60.2 Å². The summed E-state index contributed by atoms with van der Waals surface area (Å²) < 4.78 is 0. The summed E-state index contributed by atoms with van der Waals surface area (Å²) in [7, 11) is 0. The van der Waals surface area contributed by atoms with Crippen molar-refractivity contribution in [2.75, 3.05) is 0 Å². The predicted octanol–water partition coefficient (Wildman–Crippen LogP) is 2.74. The SMILES string of the molecule is Cc1ccc(CCC(=O)N[C@H](Cc2ccccc2)C(=O)O)cc1. The summed E-state index contributed by atoms with van der Waals surface area (Å²) in [6.45, 7) is 2.01. The molecule has 23 heavy (non-hydrogen) atoms. The van der Waals surface area contributed by atoms with Gasteiger partial charge in [0.2, 0.25) is 5.91 Å². The van der Waals surface area contributed by atoms with Gasteiger partial charge in [0.05, 0.1) is 0 Å². The zero-order valence-electron chi connectivity index (χ0n) is 13.2. The number of carboxylic acids is 1. The first-order chi connectivity index (χ1) is 11.0. The quantitative estimate of drug-likeness (QED) is 0.826. The summed E-state index contributed by atoms with van der Waals surface area (Å²) in [6, 6.07) is 16.4. The van der Waals surface area contributed by atoms with Gasteiger partial charge in [-0.05, 0) is 24.5 Å². The zero-order valence-corrected chi connectivity index (χ0v) is 13.2. The molecule has 0 unspecified atom stereocenters. The molecular formula is C19H21NO3. The molecule has 1 amide bonds. The van der Waals surface area contributed by atoms with E-state index in [1.54, 1.807) is 0 Å². The normalized spacial score (nSPS) is 11.7. The number of aliphatic carboxylic acids is 1. The highest BCUT2D eigenvalue weighted by molar-refractivity contribution is 5.83. The number of amides is 1. The maximum Gasteiger partial charge on any atom is 0.326 e. The summed E-state index contributed by atoms with van der Waals surface area (Å²) in [5, 5.41) is 11.9. The average molecular weight is 311 g/mol. The van der Waals surface area contributed by atoms with E-state index in [9.17, 15) is 14.7 Å². The van der Waals surface area contributed by atoms with Crippen LogP contribution >= 0.6 is 0 Å². The van der Waals surface area contributed by atoms with Crippen LogP contribution in [0.15, 0.2) is 54.6 Å². The van der Waals surface area contributed by atoms with Crippen molar-refractivity contribution in [3.63, 3.8) is 0 Å². The zero-order chi connectivity index (χ0) is 16.7. The van der Waals surface area contributed by atoms with Gasteiger partial charge in [-0.2, -0.15) is 0 Å². The summed E-state index contributed by atoms with van der Waals surface area (Å²) >= 11 is 0. The summed E-state index contributed by atoms with van der Waals surface area (Å²) in [4.78, 5) is 23.4. The van der Waals surface area contributed by atoms with Crippen LogP contribution in [0.25, 0.3) is 0 Å². The first-order valence-corrected chi connectivity index (χ1v) is 7.66. The van der Waals surface area contributed by atoms with Crippen molar-refractivity contribution >= 4 is 11.9 Å². The van der Waals surface area contributed by atoms with Crippen molar-refractivity contribution in [1.29, 1.82) is 0 Å². The largest absolute Gasteiger partial charge is 0.480 e. The minimum atomic E-state index is -1.02. The van der Waals surface area contributed by atoms with E-state index in [-0.39, 0.29) is 18.7 Å². The minimum absolute atomic E-state index is 0.242. The molecule has 0 fully saturated rings. The second-order valence-electron chi connectivity index (χ2n) is 5.63. The molecule has 2 aromatic carbocycles. The molecule has 0 bridgehead atoms. The van der Waals surface area contributed by atoms with E-state index in [0.29, 0.717) is 6.42 Å². The molecule has 0 radical (unpaired) electrons. The number of hydrogen-bond donors (Lipinski definition) is 2. The molecule has 0 spiro atoms. The van der Waals surface area contributed by atoms with E-state index in [1.165, 1.54) is 5.56 Å². The van der Waals surface area contributed by atoms with Crippen molar-refractivity contribution in [1.82, 2.24) is 5.32 Å². The molecule has 1 atom stereocenters. The third-order valence-corrected chi connectivity index (χ3v) is 3.68. The molecule has 2 N–H and O–H groups in total. The Hall–Kier alpha value is -2.62. The molecule has 0 aliphatic rings. The molecule has 0 aliphatic carbocycles. The molecule has 0 heterocycles. The van der Waals surface area contributed by atoms with Crippen LogP contribution in [0.4, 0.5) is 0 Å². The Morgan fingerprint density at radius 2 is 1.65 bits per heavy atom. The van der Waals surface area contributed by atoms with E-state index < -0.39 is 12.0 Å². The van der Waals surface area contributed by atoms with E-state index in [4.69, 9.17) is 0 Å². The van der Waals surface area contributed by atoms with Crippen molar-refractivity contribution < 1.29 is 14.7 Å². The van der Waals surface area contributed by atoms with E-state index >= 15 is 0 Å². The fourth-order valence-electron chi connectivity index (χ4n) is 2.33. The standard InChI is InChI=1S/C19H21NO3/c1-14-7-9-15(10-8-14)11-12-18(21)20-17(19(22)23)13-16-5-3-2-4-6-16/h2-10,17H,11-13H2,1H3,(H,20,21)(H,22,23)/t17-/m1/s1. The van der Waals surface area contributed by atoms with E-state index in [1.807, 2.05) is 61.5 Å². The van der Waals surface area contributed by atoms with Gasteiger partial charge in [-0.3, -0.25) is 4.79 Å². The number of aryl methyl sites for hydroxylation is 2. The lowest BCUT2D eigenvalue weighted by Gasteiger charge is -2.14. The highest BCUT2D eigenvalue weighted by Gasteiger charge is 2.20. The monoisotopic (exact) mass is 311 g/mol. The van der Waals surface area contributed by atoms with Gasteiger partial charge in [0.25, 0.3) is 0 Å². The maximum absolute atomic E-state index is 12.0. The second kappa shape index (κ2) is 8.13. The van der Waals surface area contributed by atoms with Gasteiger partial charge in [0.1, 0.15) is 6.04 Å². The van der Waals surface area contributed by atoms with Crippen LogP contribution in [0.5, 0.6) is 0 Å². The topological polar surface area (TPSA) is 66.4 Å². The number of benzene rings is 2. The third-order valence-electron chi connectivity index (χ3n) is 3.68. The number of carboxylic acid groups (broad SMARTS) is 1. The Morgan fingerprint density at radius 1 is 1.00 bits per heavy atom. The van der Waals surface area contributed by atoms with E-state index in [2.05, 4.69) is 5.32 Å². The molecule has 2 rings (SSSR count). The van der Waals surface area contributed by atoms with Crippen LogP contribution in [0, 0.1) is 6.92 Å². The molecule has 4 nitrogen and oxygen atoms in total. The highest BCUT2D eigenvalue weighted by Crippen LogP contribution is 2.07. The van der Waals surface area contributed by atoms with Crippen LogP contribution in [0.3, 0.4) is 0 Å². The molecule has 0 aliphatic heterocycles. The Kier molecular flexibility index (Phi) is 5.92. The molecular weight excluding hydrogens is 290 g/mol. The predicted molar refractivity (Wildman–Crippen MR) is 89.2 cm³/mol. The lowest BCUT2D eigenvalue weighted by molar-refractivity contribution is -0.141. The fourth-order valence-corrected chi connectivity index (χ4v) is 2.33. The highest BCUT2D eigenvalue weighted by atomic mass is 16.4. The Bertz CT molecular complexity index is 650. The van der Waals surface area contributed by atoms with E-state index in [0.717, 1.165) is 11.1 Å². The van der Waals surface area contributed by atoms with Crippen molar-refractivity contribution in [3.8, 4) is 0 Å². The smallest absolute Gasteiger partial charge is 0.326 e. The minimum Gasteiger partial charge on any atom is -0.480 e. The third kappa shape index (κ3) is 5.58. The molecule has 0 saturated carbocycles. The number of carbonyl (C=O) groups is 2. The van der Waals surface area contributed by atoms with Gasteiger partial charge in [0, 0.05) is 12.8 Å². The van der Waals surface area contributed by atoms with Crippen LogP contribution in [-0.4, -0.2) is 23.0 Å². The molecule has 0 aromatic heterocycles. The number of hydrogen-bond acceptors (Lipinski definition) is 2. The Morgan fingerprint density at radius 3 is 2.26 bits per heavy atom. The fraction of sp³-hybridized carbons (Fsp3) is 0.263. The van der Waals surface area contributed by atoms with Crippen LogP contribution < -0.4 is 5.32 Å². The summed E-state index contributed by atoms with van der Waals surface area (Å²) in [5.41, 5.74) is 3.13. The molecule has 4 heteroatoms. The first kappa shape index (κ1) is 16.7. The maximum atomic E-state index is 12.0. The summed E-state index contributed by atoms with van der Waals surface area (Å²) in [5.74, 6) is -1.26. The van der Waals surface area contributed by atoms with Gasteiger partial charge in [-0.15, -0.1) is 0 Å². The van der Waals surface area contributed by atoms with Gasteiger partial charge in [-0.25, -0.2) is 4.79 Å². The van der Waals surface area contributed by atoms with Gasteiger partial charge in [0.15, 0.2) is 0 Å². The van der Waals surface area contributed by atoms with Crippen molar-refractivity contribution in [3.05, 3.63) is 71.3 Å². The summed E-state index contributed by atoms with van der Waals surface area (Å²) in [6.07, 6.45) is 1.16. The second-order valence-corrected chi connectivity index (χ2v) is 5.63. The lowest BCUT2D eigenvalue weighted by atomic mass is 10.0. The van der Waals surface area contributed by atoms with Crippen molar-refractivity contribution in [2.24, 2.45) is 0 Å². The Labute approximate surface area is 136 Å². The van der Waals surface area contributed by atoms with Crippen LogP contribution in [0.2, 0.25) is 0 Å². The van der Waals surface area contributed by atoms with Crippen molar-refractivity contribution in [2.45, 2.75) is 32.2 Å². The first-order valence-electron chi connectivity index (χ1n) is 7.66. The molecule has 120 valence electrons. The molecule has 0 saturated heterocycles. The average Bonchev–Trinajstić information content (AvgIpc) is 2.54. The number of rotatable bonds is 7. The van der Waals surface area contributed by atoms with Crippen LogP contribution in [0.1, 0.15) is 23.1 Å². The Balaban J connectivity index is 1.88. The molecule has 2 aromatic rings. The van der Waals surface area contributed by atoms with Gasteiger partial charge < -0.3 is 10.4 Å². The van der Waals surface area contributed by atoms with Crippen LogP contribution in [-0.2, 0) is 22.4 Å². The lowest BCUT2D eigenvalue weighted by Crippen LogP contribution is -2.42. The number of nitrogens with one attached hydrogen (secondary N) is 1.